The summed E-state index contributed by atoms with van der Waals surface area (Å²) in [4.78, 5) is 11.0. The smallest absolute Gasteiger partial charge is 0.235 e. The zero-order valence-corrected chi connectivity index (χ0v) is 29.0. The summed E-state index contributed by atoms with van der Waals surface area (Å²) in [5.41, 5.74) is 12.9. The Morgan fingerprint density at radius 2 is 1.22 bits per heavy atom. The highest BCUT2D eigenvalue weighted by Gasteiger charge is 2.37. The molecule has 0 spiro atoms. The minimum atomic E-state index is -0.0982. The van der Waals surface area contributed by atoms with Crippen LogP contribution in [-0.2, 0) is 5.41 Å². The van der Waals surface area contributed by atoms with Gasteiger partial charge in [0.2, 0.25) is 5.95 Å². The average Bonchev–Trinajstić information content (AvgIpc) is 3.79. The maximum Gasteiger partial charge on any atom is 0.235 e. The van der Waals surface area contributed by atoms with Gasteiger partial charge in [-0.1, -0.05) is 147 Å². The van der Waals surface area contributed by atoms with Crippen molar-refractivity contribution in [1.82, 2.24) is 14.5 Å². The Balaban J connectivity index is 1.32. The Hall–Kier alpha value is -6.10. The van der Waals surface area contributed by atoms with Crippen LogP contribution in [0.25, 0.3) is 92.3 Å². The third kappa shape index (κ3) is 3.99. The number of benzene rings is 7. The fourth-order valence-corrected chi connectivity index (χ4v) is 9.78. The van der Waals surface area contributed by atoms with Gasteiger partial charge in [-0.25, -0.2) is 9.97 Å². The molecule has 0 N–H and O–H groups in total. The first-order chi connectivity index (χ1) is 25.1. The van der Waals surface area contributed by atoms with Crippen molar-refractivity contribution >= 4 is 64.2 Å². The van der Waals surface area contributed by atoms with Gasteiger partial charge in [-0.2, -0.15) is 0 Å². The summed E-state index contributed by atoms with van der Waals surface area (Å²) >= 11 is 1.77. The molecule has 11 rings (SSSR count). The maximum atomic E-state index is 5.52. The van der Waals surface area contributed by atoms with Gasteiger partial charge >= 0.3 is 0 Å². The summed E-state index contributed by atoms with van der Waals surface area (Å²) in [6, 6.07) is 55.0. The lowest BCUT2D eigenvalue weighted by Crippen LogP contribution is -2.14. The molecule has 3 aromatic heterocycles. The second kappa shape index (κ2) is 10.5. The van der Waals surface area contributed by atoms with Crippen molar-refractivity contribution in [3.63, 3.8) is 0 Å². The number of rotatable bonds is 3. The summed E-state index contributed by atoms with van der Waals surface area (Å²) in [5, 5.41) is 5.95. The molecule has 4 heteroatoms. The first kappa shape index (κ1) is 28.7. The molecule has 240 valence electrons. The van der Waals surface area contributed by atoms with Crippen molar-refractivity contribution in [2.24, 2.45) is 0 Å². The zero-order chi connectivity index (χ0) is 33.8. The van der Waals surface area contributed by atoms with Crippen molar-refractivity contribution in [2.45, 2.75) is 19.3 Å². The predicted octanol–water partition coefficient (Wildman–Crippen LogP) is 12.7. The molecular formula is C47H31N3S. The van der Waals surface area contributed by atoms with Crippen LogP contribution < -0.4 is 0 Å². The molecule has 51 heavy (non-hydrogen) atoms. The van der Waals surface area contributed by atoms with Crippen LogP contribution in [0.3, 0.4) is 0 Å². The second-order valence-electron chi connectivity index (χ2n) is 14.2. The van der Waals surface area contributed by atoms with Gasteiger partial charge < -0.3 is 0 Å². The van der Waals surface area contributed by atoms with Gasteiger partial charge in [-0.3, -0.25) is 4.57 Å². The van der Waals surface area contributed by atoms with Crippen molar-refractivity contribution < 1.29 is 0 Å². The number of aromatic nitrogens is 3. The number of para-hydroxylation sites is 1. The first-order valence-electron chi connectivity index (χ1n) is 17.5. The van der Waals surface area contributed by atoms with Crippen LogP contribution in [0.2, 0.25) is 0 Å². The number of hydrogen-bond acceptors (Lipinski definition) is 3. The molecule has 0 fully saturated rings. The quantitative estimate of drug-likeness (QED) is 0.187. The van der Waals surface area contributed by atoms with Gasteiger partial charge in [0, 0.05) is 37.4 Å². The molecule has 0 saturated carbocycles. The van der Waals surface area contributed by atoms with Gasteiger partial charge in [-0.05, 0) is 56.8 Å². The Bertz CT molecular complexity index is 3060. The Morgan fingerprint density at radius 1 is 0.549 bits per heavy atom. The minimum absolute atomic E-state index is 0.0982. The number of thiophene rings is 1. The molecular weight excluding hydrogens is 639 g/mol. The van der Waals surface area contributed by atoms with Crippen molar-refractivity contribution in [1.29, 1.82) is 0 Å². The van der Waals surface area contributed by atoms with Crippen molar-refractivity contribution in [3.8, 4) is 39.5 Å². The molecule has 7 aromatic carbocycles. The van der Waals surface area contributed by atoms with Crippen LogP contribution in [0.5, 0.6) is 0 Å². The molecule has 0 unspecified atom stereocenters. The van der Waals surface area contributed by atoms with Crippen LogP contribution in [0.4, 0.5) is 0 Å². The molecule has 0 aliphatic heterocycles. The van der Waals surface area contributed by atoms with Gasteiger partial charge in [-0.15, -0.1) is 11.3 Å². The number of fused-ring (bicyclic) bond motifs is 10. The molecule has 0 bridgehead atoms. The molecule has 10 aromatic rings. The largest absolute Gasteiger partial charge is 0.277 e. The van der Waals surface area contributed by atoms with Crippen LogP contribution in [0.1, 0.15) is 25.0 Å². The maximum absolute atomic E-state index is 5.52. The predicted molar refractivity (Wildman–Crippen MR) is 215 cm³/mol. The van der Waals surface area contributed by atoms with Crippen molar-refractivity contribution in [2.75, 3.05) is 0 Å². The molecule has 0 atom stereocenters. The lowest BCUT2D eigenvalue weighted by molar-refractivity contribution is 0.660. The van der Waals surface area contributed by atoms with Crippen LogP contribution >= 0.6 is 11.3 Å². The van der Waals surface area contributed by atoms with E-state index < -0.39 is 0 Å². The van der Waals surface area contributed by atoms with E-state index in [0.29, 0.717) is 5.95 Å². The van der Waals surface area contributed by atoms with Gasteiger partial charge in [0.15, 0.2) is 0 Å². The lowest BCUT2D eigenvalue weighted by atomic mass is 9.82. The van der Waals surface area contributed by atoms with Gasteiger partial charge in [0.05, 0.1) is 26.9 Å². The van der Waals surface area contributed by atoms with E-state index in [-0.39, 0.29) is 5.41 Å². The number of hydrogen-bond donors (Lipinski definition) is 0. The van der Waals surface area contributed by atoms with Crippen LogP contribution in [0, 0.1) is 0 Å². The summed E-state index contributed by atoms with van der Waals surface area (Å²) in [7, 11) is 0. The van der Waals surface area contributed by atoms with E-state index >= 15 is 0 Å². The van der Waals surface area contributed by atoms with E-state index in [4.69, 9.17) is 9.97 Å². The average molecular weight is 670 g/mol. The first-order valence-corrected chi connectivity index (χ1v) is 18.3. The SMILES string of the molecule is CC1(C)c2ccccc2-c2c(-c3cccc4c5cc6ccccc6cc5n(-c5nc(-c6ccccc6)c6sc7ccccc7c6n5)c34)cccc21. The van der Waals surface area contributed by atoms with E-state index in [0.717, 1.165) is 37.9 Å². The Kier molecular flexibility index (Phi) is 5.89. The summed E-state index contributed by atoms with van der Waals surface area (Å²) in [5.74, 6) is 0.681. The van der Waals surface area contributed by atoms with E-state index in [9.17, 15) is 0 Å². The highest BCUT2D eigenvalue weighted by Crippen LogP contribution is 2.53. The lowest BCUT2D eigenvalue weighted by Gasteiger charge is -2.21. The Labute approximate surface area is 299 Å². The fraction of sp³-hybridized carbons (Fsp3) is 0.0638. The van der Waals surface area contributed by atoms with E-state index in [1.165, 1.54) is 59.6 Å². The molecule has 3 nitrogen and oxygen atoms in total. The fourth-order valence-electron chi connectivity index (χ4n) is 8.63. The molecule has 0 amide bonds. The van der Waals surface area contributed by atoms with Gasteiger partial charge in [0.1, 0.15) is 0 Å². The van der Waals surface area contributed by atoms with Gasteiger partial charge in [0.25, 0.3) is 0 Å². The van der Waals surface area contributed by atoms with Crippen LogP contribution in [-0.4, -0.2) is 14.5 Å². The van der Waals surface area contributed by atoms with Crippen LogP contribution in [0.15, 0.2) is 152 Å². The van der Waals surface area contributed by atoms with E-state index in [1.54, 1.807) is 11.3 Å². The molecule has 0 saturated heterocycles. The highest BCUT2D eigenvalue weighted by atomic mass is 32.1. The Morgan fingerprint density at radius 3 is 2.10 bits per heavy atom. The second-order valence-corrected chi connectivity index (χ2v) is 15.2. The molecule has 3 heterocycles. The molecule has 1 aliphatic rings. The highest BCUT2D eigenvalue weighted by molar-refractivity contribution is 7.26. The third-order valence-corrected chi connectivity index (χ3v) is 12.2. The topological polar surface area (TPSA) is 30.7 Å². The minimum Gasteiger partial charge on any atom is -0.277 e. The van der Waals surface area contributed by atoms with E-state index in [2.05, 4.69) is 170 Å². The number of nitrogens with zero attached hydrogens (tertiary/aromatic N) is 3. The summed E-state index contributed by atoms with van der Waals surface area (Å²) in [6.45, 7) is 4.70. The monoisotopic (exact) mass is 669 g/mol. The molecule has 0 radical (unpaired) electrons. The molecule has 1 aliphatic carbocycles. The standard InChI is InChI=1S/C47H31N3S/c1-47(2)37-23-10-8-18-34(37)41-31(20-13-24-38(41)47)32-21-12-22-33-36-26-29-16-6-7-17-30(29)27-39(36)50(44(32)33)46-48-42(28-14-4-3-5-15-28)45-43(49-46)35-19-9-11-25-40(35)51-45/h3-27H,1-2H3. The summed E-state index contributed by atoms with van der Waals surface area (Å²) in [6.07, 6.45) is 0. The third-order valence-electron chi connectivity index (χ3n) is 11.0. The normalized spacial score (nSPS) is 13.5. The van der Waals surface area contributed by atoms with Crippen molar-refractivity contribution in [3.05, 3.63) is 163 Å². The zero-order valence-electron chi connectivity index (χ0n) is 28.2. The summed E-state index contributed by atoms with van der Waals surface area (Å²) < 4.78 is 4.67. The van der Waals surface area contributed by atoms with E-state index in [1.807, 2.05) is 0 Å².